The fourth-order valence-electron chi connectivity index (χ4n) is 3.69. The molecule has 0 bridgehead atoms. The summed E-state index contributed by atoms with van der Waals surface area (Å²) in [5, 5.41) is 13.7. The van der Waals surface area contributed by atoms with E-state index in [2.05, 4.69) is 26.0 Å². The number of benzene rings is 1. The average molecular weight is 363 g/mol. The third-order valence-electron chi connectivity index (χ3n) is 5.06. The predicted octanol–water partition coefficient (Wildman–Crippen LogP) is 2.71. The summed E-state index contributed by atoms with van der Waals surface area (Å²) in [6.45, 7) is 3.63. The Bertz CT molecular complexity index is 847. The van der Waals surface area contributed by atoms with Crippen molar-refractivity contribution in [3.8, 4) is 11.4 Å². The van der Waals surface area contributed by atoms with Crippen molar-refractivity contribution in [3.05, 3.63) is 66.2 Å². The smallest absolute Gasteiger partial charge is 0.159 e. The molecule has 3 heterocycles. The molecule has 0 saturated carbocycles. The molecule has 0 aliphatic carbocycles. The van der Waals surface area contributed by atoms with E-state index in [9.17, 15) is 0 Å². The second kappa shape index (κ2) is 8.41. The van der Waals surface area contributed by atoms with E-state index in [0.29, 0.717) is 12.5 Å². The maximum atomic E-state index is 9.06. The Hall–Kier alpha value is -2.57. The van der Waals surface area contributed by atoms with E-state index in [1.54, 1.807) is 0 Å². The average Bonchev–Trinajstić information content (AvgIpc) is 3.19. The predicted molar refractivity (Wildman–Crippen MR) is 104 cm³/mol. The number of hydrogen-bond donors (Lipinski definition) is 1. The molecule has 0 amide bonds. The van der Waals surface area contributed by atoms with Crippen LogP contribution < -0.4 is 0 Å². The maximum Gasteiger partial charge on any atom is 0.159 e. The van der Waals surface area contributed by atoms with Crippen LogP contribution in [0.4, 0.5) is 0 Å². The number of likely N-dealkylation sites (tertiary alicyclic amines) is 1. The number of hydrogen-bond acceptors (Lipinski definition) is 5. The number of rotatable bonds is 6. The van der Waals surface area contributed by atoms with Crippen molar-refractivity contribution in [1.82, 2.24) is 24.6 Å². The number of piperidine rings is 1. The first-order valence-corrected chi connectivity index (χ1v) is 9.55. The molecule has 1 saturated heterocycles. The summed E-state index contributed by atoms with van der Waals surface area (Å²) in [5.41, 5.74) is 3.31. The monoisotopic (exact) mass is 363 g/mol. The van der Waals surface area contributed by atoms with Gasteiger partial charge >= 0.3 is 0 Å². The molecule has 0 radical (unpaired) electrons. The van der Waals surface area contributed by atoms with Gasteiger partial charge in [0.05, 0.1) is 18.8 Å². The Morgan fingerprint density at radius 1 is 1.07 bits per heavy atom. The number of aliphatic hydroxyl groups excluding tert-OH is 1. The Morgan fingerprint density at radius 2 is 1.89 bits per heavy atom. The second-order valence-electron chi connectivity index (χ2n) is 7.08. The Labute approximate surface area is 159 Å². The highest BCUT2D eigenvalue weighted by molar-refractivity contribution is 5.53. The maximum absolute atomic E-state index is 9.06. The van der Waals surface area contributed by atoms with Crippen molar-refractivity contribution in [3.63, 3.8) is 0 Å². The van der Waals surface area contributed by atoms with Crippen LogP contribution in [0.15, 0.2) is 55.0 Å². The zero-order valence-electron chi connectivity index (χ0n) is 15.4. The summed E-state index contributed by atoms with van der Waals surface area (Å²) in [5.74, 6) is 1.22. The van der Waals surface area contributed by atoms with Crippen molar-refractivity contribution in [2.45, 2.75) is 31.8 Å². The van der Waals surface area contributed by atoms with Gasteiger partial charge in [-0.25, -0.2) is 9.97 Å². The zero-order valence-corrected chi connectivity index (χ0v) is 15.4. The third kappa shape index (κ3) is 4.40. The molecule has 6 heteroatoms. The minimum absolute atomic E-state index is 0.122. The Kier molecular flexibility index (Phi) is 5.55. The van der Waals surface area contributed by atoms with E-state index in [0.717, 1.165) is 48.7 Å². The highest BCUT2D eigenvalue weighted by Crippen LogP contribution is 2.26. The summed E-state index contributed by atoms with van der Waals surface area (Å²) in [7, 11) is 0. The van der Waals surface area contributed by atoms with Crippen LogP contribution in [-0.4, -0.2) is 49.5 Å². The molecular formula is C21H25N5O. The topological polar surface area (TPSA) is 67.1 Å². The molecular weight excluding hydrogens is 338 g/mol. The Balaban J connectivity index is 1.38. The van der Waals surface area contributed by atoms with Gasteiger partial charge in [-0.3, -0.25) is 9.58 Å². The van der Waals surface area contributed by atoms with Gasteiger partial charge in [-0.2, -0.15) is 5.10 Å². The molecule has 1 unspecified atom stereocenters. The van der Waals surface area contributed by atoms with E-state index in [1.165, 1.54) is 6.42 Å². The standard InChI is InChI=1S/C21H25N5O/c27-12-11-26-10-8-20(24-26)19-7-4-9-25(16-19)15-17-13-22-21(23-14-17)18-5-2-1-3-6-18/h1-3,5-6,8,10,13-14,19,27H,4,7,9,11-12,15-16H2. The minimum atomic E-state index is 0.122. The summed E-state index contributed by atoms with van der Waals surface area (Å²) in [4.78, 5) is 11.5. The lowest BCUT2D eigenvalue weighted by molar-refractivity contribution is 0.197. The Morgan fingerprint density at radius 3 is 2.67 bits per heavy atom. The van der Waals surface area contributed by atoms with Gasteiger partial charge in [0.25, 0.3) is 0 Å². The molecule has 1 aromatic carbocycles. The van der Waals surface area contributed by atoms with Crippen molar-refractivity contribution >= 4 is 0 Å². The first kappa shape index (κ1) is 17.8. The largest absolute Gasteiger partial charge is 0.394 e. The summed E-state index contributed by atoms with van der Waals surface area (Å²) in [6, 6.07) is 12.1. The van der Waals surface area contributed by atoms with Crippen LogP contribution in [0.3, 0.4) is 0 Å². The highest BCUT2D eigenvalue weighted by Gasteiger charge is 2.23. The molecule has 140 valence electrons. The van der Waals surface area contributed by atoms with E-state index in [1.807, 2.05) is 53.6 Å². The van der Waals surface area contributed by atoms with Crippen molar-refractivity contribution < 1.29 is 5.11 Å². The van der Waals surface area contributed by atoms with Crippen LogP contribution in [0, 0.1) is 0 Å². The first-order valence-electron chi connectivity index (χ1n) is 9.55. The molecule has 6 nitrogen and oxygen atoms in total. The van der Waals surface area contributed by atoms with Gasteiger partial charge in [0, 0.05) is 48.7 Å². The summed E-state index contributed by atoms with van der Waals surface area (Å²) < 4.78 is 1.82. The van der Waals surface area contributed by atoms with Crippen LogP contribution in [0.1, 0.15) is 30.0 Å². The van der Waals surface area contributed by atoms with Crippen molar-refractivity contribution in [1.29, 1.82) is 0 Å². The molecule has 4 rings (SSSR count). The van der Waals surface area contributed by atoms with E-state index < -0.39 is 0 Å². The van der Waals surface area contributed by atoms with Gasteiger partial charge in [0.15, 0.2) is 5.82 Å². The molecule has 1 N–H and O–H groups in total. The zero-order chi connectivity index (χ0) is 18.5. The van der Waals surface area contributed by atoms with Gasteiger partial charge in [-0.1, -0.05) is 30.3 Å². The lowest BCUT2D eigenvalue weighted by atomic mass is 9.95. The van der Waals surface area contributed by atoms with Gasteiger partial charge < -0.3 is 5.11 Å². The number of aromatic nitrogens is 4. The van der Waals surface area contributed by atoms with Crippen LogP contribution in [0.5, 0.6) is 0 Å². The summed E-state index contributed by atoms with van der Waals surface area (Å²) in [6.07, 6.45) is 8.17. The normalized spacial score (nSPS) is 17.9. The van der Waals surface area contributed by atoms with Crippen LogP contribution in [0.2, 0.25) is 0 Å². The molecule has 1 atom stereocenters. The van der Waals surface area contributed by atoms with Crippen molar-refractivity contribution in [2.24, 2.45) is 0 Å². The van der Waals surface area contributed by atoms with Crippen LogP contribution in [0.25, 0.3) is 11.4 Å². The number of aliphatic hydroxyl groups is 1. The van der Waals surface area contributed by atoms with Gasteiger partial charge in [-0.15, -0.1) is 0 Å². The fourth-order valence-corrected chi connectivity index (χ4v) is 3.69. The lowest BCUT2D eigenvalue weighted by Gasteiger charge is -2.31. The quantitative estimate of drug-likeness (QED) is 0.729. The molecule has 1 aliphatic heterocycles. The third-order valence-corrected chi connectivity index (χ3v) is 5.06. The van der Waals surface area contributed by atoms with Gasteiger partial charge in [0.1, 0.15) is 0 Å². The molecule has 1 aliphatic rings. The molecule has 3 aromatic rings. The van der Waals surface area contributed by atoms with Crippen molar-refractivity contribution in [2.75, 3.05) is 19.7 Å². The van der Waals surface area contributed by atoms with Crippen LogP contribution >= 0.6 is 0 Å². The highest BCUT2D eigenvalue weighted by atomic mass is 16.3. The van der Waals surface area contributed by atoms with E-state index >= 15 is 0 Å². The molecule has 1 fully saturated rings. The molecule has 27 heavy (non-hydrogen) atoms. The minimum Gasteiger partial charge on any atom is -0.394 e. The van der Waals surface area contributed by atoms with Gasteiger partial charge in [0.2, 0.25) is 0 Å². The van der Waals surface area contributed by atoms with Gasteiger partial charge in [-0.05, 0) is 25.5 Å². The van der Waals surface area contributed by atoms with E-state index in [4.69, 9.17) is 5.11 Å². The fraction of sp³-hybridized carbons (Fsp3) is 0.381. The lowest BCUT2D eigenvalue weighted by Crippen LogP contribution is -2.34. The second-order valence-corrected chi connectivity index (χ2v) is 7.08. The summed E-state index contributed by atoms with van der Waals surface area (Å²) >= 11 is 0. The molecule has 2 aromatic heterocycles. The van der Waals surface area contributed by atoms with Crippen LogP contribution in [-0.2, 0) is 13.1 Å². The number of nitrogens with zero attached hydrogens (tertiary/aromatic N) is 5. The first-order chi connectivity index (χ1) is 13.3. The molecule has 0 spiro atoms. The SMILES string of the molecule is OCCn1ccc(C2CCCN(Cc3cnc(-c4ccccc4)nc3)C2)n1. The van der Waals surface area contributed by atoms with E-state index in [-0.39, 0.29) is 6.61 Å².